The number of rotatable bonds is 5. The predicted molar refractivity (Wildman–Crippen MR) is 93.5 cm³/mol. The molecule has 1 atom stereocenters. The fourth-order valence-electron chi connectivity index (χ4n) is 2.45. The minimum Gasteiger partial charge on any atom is -0.306 e. The number of imidazole rings is 1. The Hall–Kier alpha value is -2.95. The molecule has 0 aliphatic heterocycles. The standard InChI is InChI=1S/C18H16N4O2S/c1-14(16-5-7-17(8-6-16)22-10-9-20-13-22)21-25(23,24)18-4-2-3-15(11-18)12-19/h2-11,13-14,21H,1H3/t14-/m1/s1. The van der Waals surface area contributed by atoms with Gasteiger partial charge in [0.15, 0.2) is 0 Å². The summed E-state index contributed by atoms with van der Waals surface area (Å²) in [4.78, 5) is 4.08. The van der Waals surface area contributed by atoms with Gasteiger partial charge >= 0.3 is 0 Å². The second-order valence-corrected chi connectivity index (χ2v) is 7.26. The van der Waals surface area contributed by atoms with Crippen molar-refractivity contribution in [2.24, 2.45) is 0 Å². The molecule has 0 radical (unpaired) electrons. The lowest BCUT2D eigenvalue weighted by atomic mass is 10.1. The largest absolute Gasteiger partial charge is 0.306 e. The zero-order chi connectivity index (χ0) is 17.9. The number of benzene rings is 2. The van der Waals surface area contributed by atoms with Gasteiger partial charge in [0.05, 0.1) is 22.9 Å². The zero-order valence-electron chi connectivity index (χ0n) is 13.5. The second-order valence-electron chi connectivity index (χ2n) is 5.54. The van der Waals surface area contributed by atoms with Gasteiger partial charge in [0.1, 0.15) is 0 Å². The van der Waals surface area contributed by atoms with Gasteiger partial charge in [0, 0.05) is 24.1 Å². The first-order valence-corrected chi connectivity index (χ1v) is 9.09. The van der Waals surface area contributed by atoms with Crippen LogP contribution < -0.4 is 4.72 Å². The van der Waals surface area contributed by atoms with Crippen molar-refractivity contribution in [1.82, 2.24) is 14.3 Å². The molecule has 25 heavy (non-hydrogen) atoms. The van der Waals surface area contributed by atoms with Crippen LogP contribution in [0.1, 0.15) is 24.1 Å². The Kier molecular flexibility index (Phi) is 4.65. The summed E-state index contributed by atoms with van der Waals surface area (Å²) in [6.07, 6.45) is 5.23. The van der Waals surface area contributed by atoms with E-state index in [0.29, 0.717) is 5.56 Å². The van der Waals surface area contributed by atoms with Crippen molar-refractivity contribution in [2.45, 2.75) is 17.9 Å². The highest BCUT2D eigenvalue weighted by Crippen LogP contribution is 2.19. The first-order valence-electron chi connectivity index (χ1n) is 7.60. The summed E-state index contributed by atoms with van der Waals surface area (Å²) in [6, 6.07) is 15.0. The van der Waals surface area contributed by atoms with E-state index in [1.807, 2.05) is 41.1 Å². The molecule has 0 saturated heterocycles. The number of hydrogen-bond donors (Lipinski definition) is 1. The van der Waals surface area contributed by atoms with E-state index in [1.54, 1.807) is 31.6 Å². The molecule has 3 aromatic rings. The van der Waals surface area contributed by atoms with Gasteiger partial charge in [0.25, 0.3) is 0 Å². The van der Waals surface area contributed by atoms with Crippen molar-refractivity contribution < 1.29 is 8.42 Å². The molecule has 6 nitrogen and oxygen atoms in total. The number of nitrogens with zero attached hydrogens (tertiary/aromatic N) is 3. The van der Waals surface area contributed by atoms with Crippen LogP contribution in [0.15, 0.2) is 72.1 Å². The van der Waals surface area contributed by atoms with Crippen molar-refractivity contribution in [3.63, 3.8) is 0 Å². The van der Waals surface area contributed by atoms with Gasteiger partial charge in [-0.2, -0.15) is 5.26 Å². The van der Waals surface area contributed by atoms with Crippen molar-refractivity contribution in [3.8, 4) is 11.8 Å². The van der Waals surface area contributed by atoms with E-state index in [9.17, 15) is 8.42 Å². The maximum atomic E-state index is 12.5. The Bertz CT molecular complexity index is 1000. The summed E-state index contributed by atoms with van der Waals surface area (Å²) in [6.45, 7) is 1.78. The number of nitriles is 1. The van der Waals surface area contributed by atoms with Gasteiger partial charge in [-0.15, -0.1) is 0 Å². The zero-order valence-corrected chi connectivity index (χ0v) is 14.3. The van der Waals surface area contributed by atoms with Gasteiger partial charge in [-0.1, -0.05) is 18.2 Å². The van der Waals surface area contributed by atoms with E-state index in [2.05, 4.69) is 9.71 Å². The first kappa shape index (κ1) is 16.9. The van der Waals surface area contributed by atoms with Crippen LogP contribution in [0.4, 0.5) is 0 Å². The molecule has 7 heteroatoms. The summed E-state index contributed by atoms with van der Waals surface area (Å²) < 4.78 is 29.5. The summed E-state index contributed by atoms with van der Waals surface area (Å²) in [5.74, 6) is 0. The molecule has 0 fully saturated rings. The lowest BCUT2D eigenvalue weighted by Crippen LogP contribution is -2.27. The third kappa shape index (κ3) is 3.76. The van der Waals surface area contributed by atoms with Crippen LogP contribution in [0.3, 0.4) is 0 Å². The van der Waals surface area contributed by atoms with Crippen molar-refractivity contribution in [3.05, 3.63) is 78.4 Å². The molecule has 0 aliphatic rings. The summed E-state index contributed by atoms with van der Waals surface area (Å²) in [5.41, 5.74) is 2.09. The van der Waals surface area contributed by atoms with Crippen LogP contribution in [0.2, 0.25) is 0 Å². The molecule has 0 bridgehead atoms. The second kappa shape index (κ2) is 6.89. The molecule has 0 spiro atoms. The lowest BCUT2D eigenvalue weighted by molar-refractivity contribution is 0.567. The summed E-state index contributed by atoms with van der Waals surface area (Å²) >= 11 is 0. The van der Waals surface area contributed by atoms with E-state index in [1.165, 1.54) is 12.1 Å². The topological polar surface area (TPSA) is 87.8 Å². The molecule has 1 aromatic heterocycles. The number of nitrogens with one attached hydrogen (secondary N) is 1. The van der Waals surface area contributed by atoms with Crippen molar-refractivity contribution in [2.75, 3.05) is 0 Å². The molecule has 126 valence electrons. The molecule has 3 rings (SSSR count). The minimum atomic E-state index is -3.71. The average Bonchev–Trinajstić information content (AvgIpc) is 3.16. The molecule has 1 N–H and O–H groups in total. The highest BCUT2D eigenvalue weighted by atomic mass is 32.2. The Balaban J connectivity index is 1.79. The molecule has 1 heterocycles. The average molecular weight is 352 g/mol. The molecular formula is C18H16N4O2S. The van der Waals surface area contributed by atoms with Gasteiger partial charge in [0.2, 0.25) is 10.0 Å². The SMILES string of the molecule is C[C@@H](NS(=O)(=O)c1cccc(C#N)c1)c1ccc(-n2ccnc2)cc1. The maximum absolute atomic E-state index is 12.5. The Morgan fingerprint density at radius 1 is 1.20 bits per heavy atom. The van der Waals surface area contributed by atoms with E-state index in [-0.39, 0.29) is 4.90 Å². The normalized spacial score (nSPS) is 12.5. The summed E-state index contributed by atoms with van der Waals surface area (Å²) in [7, 11) is -3.71. The Labute approximate surface area is 146 Å². The highest BCUT2D eigenvalue weighted by Gasteiger charge is 2.18. The number of sulfonamides is 1. The van der Waals surface area contributed by atoms with Crippen LogP contribution in [0.25, 0.3) is 5.69 Å². The maximum Gasteiger partial charge on any atom is 0.241 e. The fourth-order valence-corrected chi connectivity index (χ4v) is 3.73. The van der Waals surface area contributed by atoms with E-state index < -0.39 is 16.1 Å². The van der Waals surface area contributed by atoms with Gasteiger partial charge < -0.3 is 4.57 Å². The van der Waals surface area contributed by atoms with E-state index in [0.717, 1.165) is 11.3 Å². The first-order chi connectivity index (χ1) is 12.0. The Morgan fingerprint density at radius 3 is 2.60 bits per heavy atom. The third-order valence-corrected chi connectivity index (χ3v) is 5.34. The minimum absolute atomic E-state index is 0.0773. The third-order valence-electron chi connectivity index (χ3n) is 3.80. The van der Waals surface area contributed by atoms with Gasteiger partial charge in [-0.25, -0.2) is 18.1 Å². The monoisotopic (exact) mass is 352 g/mol. The van der Waals surface area contributed by atoms with Crippen LogP contribution in [0.5, 0.6) is 0 Å². The molecule has 0 unspecified atom stereocenters. The molecule has 0 amide bonds. The van der Waals surface area contributed by atoms with Crippen molar-refractivity contribution >= 4 is 10.0 Å². The number of hydrogen-bond acceptors (Lipinski definition) is 4. The van der Waals surface area contributed by atoms with E-state index >= 15 is 0 Å². The molecule has 2 aromatic carbocycles. The van der Waals surface area contributed by atoms with Crippen LogP contribution in [-0.2, 0) is 10.0 Å². The van der Waals surface area contributed by atoms with Crippen molar-refractivity contribution in [1.29, 1.82) is 5.26 Å². The Morgan fingerprint density at radius 2 is 1.96 bits per heavy atom. The fraction of sp³-hybridized carbons (Fsp3) is 0.111. The molecule has 0 aliphatic carbocycles. The van der Waals surface area contributed by atoms with Crippen LogP contribution in [0, 0.1) is 11.3 Å². The quantitative estimate of drug-likeness (QED) is 0.765. The van der Waals surface area contributed by atoms with Gasteiger partial charge in [-0.05, 0) is 42.8 Å². The number of aromatic nitrogens is 2. The van der Waals surface area contributed by atoms with E-state index in [4.69, 9.17) is 5.26 Å². The highest BCUT2D eigenvalue weighted by molar-refractivity contribution is 7.89. The van der Waals surface area contributed by atoms with Crippen LogP contribution in [-0.4, -0.2) is 18.0 Å². The summed E-state index contributed by atoms with van der Waals surface area (Å²) in [5, 5.41) is 8.92. The smallest absolute Gasteiger partial charge is 0.241 e. The van der Waals surface area contributed by atoms with Gasteiger partial charge in [-0.3, -0.25) is 0 Å². The molecular weight excluding hydrogens is 336 g/mol. The van der Waals surface area contributed by atoms with Crippen LogP contribution >= 0.6 is 0 Å². The molecule has 0 saturated carbocycles. The lowest BCUT2D eigenvalue weighted by Gasteiger charge is -2.15. The predicted octanol–water partition coefficient (Wildman–Crippen LogP) is 2.78.